The summed E-state index contributed by atoms with van der Waals surface area (Å²) >= 11 is 6.55. The maximum atomic E-state index is 13.6. The summed E-state index contributed by atoms with van der Waals surface area (Å²) in [7, 11) is -3.44. The van der Waals surface area contributed by atoms with Crippen molar-refractivity contribution in [3.63, 3.8) is 0 Å². The molecule has 13 nitrogen and oxygen atoms in total. The molecule has 2 aromatic carbocycles. The molecule has 62 heavy (non-hydrogen) atoms. The van der Waals surface area contributed by atoms with E-state index in [0.717, 1.165) is 19.1 Å². The van der Waals surface area contributed by atoms with Crippen molar-refractivity contribution in [3.8, 4) is 0 Å². The fourth-order valence-electron chi connectivity index (χ4n) is 6.13. The number of hydrogen-bond acceptors (Lipinski definition) is 9. The summed E-state index contributed by atoms with van der Waals surface area (Å²) in [6.45, 7) is 19.5. The molecule has 2 aliphatic heterocycles. The molecular formula is C43H61Br2F2N4NaO9S. The normalized spacial score (nSPS) is 18.9. The fourth-order valence-corrected chi connectivity index (χ4v) is 7.26. The zero-order chi connectivity index (χ0) is 46.5. The van der Waals surface area contributed by atoms with E-state index in [1.807, 2.05) is 59.8 Å². The Kier molecular flexibility index (Phi) is 23.6. The molecule has 342 valence electrons. The SMILES string of the molecule is CC(=O)N(C/C=C/[C@@H]1[C@@H](C)CCN1C(=O)OC(C)(C)C)c1cc(F)ccc1Br.CC(=O)Nc1cc(F)ccc1Br.C[C@H]1CCN(C(=O)OC(C)(C)C)[C@@H]1/C=C/COS(C)(=O)=O.[H-].[Na+]. The molecule has 2 heterocycles. The Morgan fingerprint density at radius 2 is 1.27 bits per heavy atom. The minimum Gasteiger partial charge on any atom is -1.00 e. The first kappa shape index (κ1) is 57.1. The van der Waals surface area contributed by atoms with Crippen molar-refractivity contribution in [2.24, 2.45) is 11.8 Å². The first-order valence-electron chi connectivity index (χ1n) is 19.7. The maximum absolute atomic E-state index is 13.6. The molecule has 4 atom stereocenters. The summed E-state index contributed by atoms with van der Waals surface area (Å²) in [6, 6.07) is 8.16. The number of hydrogen-bond donors (Lipinski definition) is 1. The van der Waals surface area contributed by atoms with Gasteiger partial charge < -0.3 is 30.9 Å². The Bertz CT molecular complexity index is 2020. The van der Waals surface area contributed by atoms with Gasteiger partial charge in [-0.05, 0) is 134 Å². The summed E-state index contributed by atoms with van der Waals surface area (Å²) in [6.07, 6.45) is 9.34. The molecule has 0 aromatic heterocycles. The van der Waals surface area contributed by atoms with Crippen LogP contribution in [0.4, 0.5) is 29.7 Å². The Labute approximate surface area is 406 Å². The van der Waals surface area contributed by atoms with E-state index in [1.54, 1.807) is 28.0 Å². The number of rotatable bonds is 9. The smallest absolute Gasteiger partial charge is 1.00 e. The molecular weight excluding hydrogens is 969 g/mol. The number of carbonyl (C=O) groups excluding carboxylic acids is 4. The van der Waals surface area contributed by atoms with E-state index in [0.29, 0.717) is 39.3 Å². The van der Waals surface area contributed by atoms with Crippen molar-refractivity contribution in [2.75, 3.05) is 42.7 Å². The molecule has 4 rings (SSSR count). The second kappa shape index (κ2) is 25.6. The standard InChI is InChI=1S/C21H28BrFN2O3.C14H25NO5S.C8H7BrFNO.Na.H/c1-14-10-12-25(20(27)28-21(3,4)5)18(14)7-6-11-24(15(2)26)19-13-16(23)8-9-17(19)22;1-11-8-9-15(13(16)20-14(2,3)4)12(11)7-6-10-19-21(5,17)18;1-5(12)11-8-4-6(10)2-3-7(8)9;;/h6-9,13-14,18H,10-12H2,1-5H3;6-7,11-12H,8-10H2,1-5H3;2-4H,1H3,(H,11,12);;/q;;;+1;-1/b2*7-6+;;;/t14-,18+;11-,12+;;;/m00.../s1. The van der Waals surface area contributed by atoms with E-state index < -0.39 is 27.1 Å². The van der Waals surface area contributed by atoms with Gasteiger partial charge in [0.2, 0.25) is 11.8 Å². The van der Waals surface area contributed by atoms with Crippen LogP contribution in [0, 0.1) is 23.5 Å². The third kappa shape index (κ3) is 20.8. The number of ether oxygens (including phenoxy) is 2. The monoisotopic (exact) mass is 1030 g/mol. The van der Waals surface area contributed by atoms with Gasteiger partial charge >= 0.3 is 41.7 Å². The summed E-state index contributed by atoms with van der Waals surface area (Å²) in [5.41, 5.74) is -0.161. The first-order valence-corrected chi connectivity index (χ1v) is 23.1. The maximum Gasteiger partial charge on any atom is 1.00 e. The van der Waals surface area contributed by atoms with Crippen LogP contribution in [-0.2, 0) is 33.4 Å². The van der Waals surface area contributed by atoms with Crippen molar-refractivity contribution >= 4 is 77.4 Å². The van der Waals surface area contributed by atoms with Crippen molar-refractivity contribution in [1.82, 2.24) is 9.80 Å². The molecule has 2 aliphatic rings. The van der Waals surface area contributed by atoms with E-state index in [-0.39, 0.29) is 92.0 Å². The largest absolute Gasteiger partial charge is 1.00 e. The molecule has 0 unspecified atom stereocenters. The van der Waals surface area contributed by atoms with Crippen LogP contribution in [0.2, 0.25) is 0 Å². The third-order valence-electron chi connectivity index (χ3n) is 8.94. The number of carbonyl (C=O) groups is 4. The van der Waals surface area contributed by atoms with Gasteiger partial charge in [0.15, 0.2) is 0 Å². The van der Waals surface area contributed by atoms with Crippen molar-refractivity contribution in [1.29, 1.82) is 0 Å². The average molecular weight is 1030 g/mol. The Hall–Kier alpha value is -2.87. The number of benzene rings is 2. The van der Waals surface area contributed by atoms with E-state index in [9.17, 15) is 36.4 Å². The number of nitrogens with one attached hydrogen (secondary N) is 1. The Morgan fingerprint density at radius 3 is 1.71 bits per heavy atom. The fraction of sp³-hybridized carbons (Fsp3) is 0.535. The molecule has 2 saturated heterocycles. The van der Waals surface area contributed by atoms with Crippen molar-refractivity contribution < 1.29 is 81.0 Å². The number of halogens is 4. The summed E-state index contributed by atoms with van der Waals surface area (Å²) in [5, 5.41) is 2.49. The predicted octanol–water partition coefficient (Wildman–Crippen LogP) is 6.97. The number of anilines is 2. The summed E-state index contributed by atoms with van der Waals surface area (Å²) in [4.78, 5) is 52.2. The summed E-state index contributed by atoms with van der Waals surface area (Å²) < 4.78 is 64.9. The number of likely N-dealkylation sites (tertiary alicyclic amines) is 2. The van der Waals surface area contributed by atoms with Crippen LogP contribution in [0.15, 0.2) is 69.6 Å². The van der Waals surface area contributed by atoms with Gasteiger partial charge in [-0.15, -0.1) is 0 Å². The number of amides is 4. The van der Waals surface area contributed by atoms with Gasteiger partial charge in [0.25, 0.3) is 10.1 Å². The third-order valence-corrected chi connectivity index (χ3v) is 10.9. The van der Waals surface area contributed by atoms with Gasteiger partial charge in [-0.3, -0.25) is 13.8 Å². The molecule has 0 radical (unpaired) electrons. The van der Waals surface area contributed by atoms with E-state index in [2.05, 4.69) is 55.2 Å². The van der Waals surface area contributed by atoms with Gasteiger partial charge in [0.05, 0.1) is 36.3 Å². The van der Waals surface area contributed by atoms with Gasteiger partial charge in [0.1, 0.15) is 22.8 Å². The molecule has 0 bridgehead atoms. The van der Waals surface area contributed by atoms with Crippen molar-refractivity contribution in [2.45, 2.75) is 105 Å². The first-order chi connectivity index (χ1) is 28.1. The Balaban J connectivity index is 0.000000970. The second-order valence-corrected chi connectivity index (χ2v) is 20.1. The van der Waals surface area contributed by atoms with E-state index >= 15 is 0 Å². The molecule has 1 N–H and O–H groups in total. The molecule has 4 amide bonds. The van der Waals surface area contributed by atoms with Crippen molar-refractivity contribution in [3.05, 3.63) is 81.3 Å². The van der Waals surface area contributed by atoms with E-state index in [4.69, 9.17) is 9.47 Å². The van der Waals surface area contributed by atoms with Crippen LogP contribution >= 0.6 is 31.9 Å². The van der Waals surface area contributed by atoms with Crippen LogP contribution in [0.1, 0.15) is 83.5 Å². The zero-order valence-electron chi connectivity index (χ0n) is 38.8. The average Bonchev–Trinajstić information content (AvgIpc) is 3.67. The van der Waals surface area contributed by atoms with Gasteiger partial charge in [-0.2, -0.15) is 8.42 Å². The predicted molar refractivity (Wildman–Crippen MR) is 242 cm³/mol. The topological polar surface area (TPSA) is 152 Å². The quantitative estimate of drug-likeness (QED) is 0.160. The molecule has 2 aromatic rings. The van der Waals surface area contributed by atoms with Crippen LogP contribution in [-0.4, -0.2) is 98.0 Å². The van der Waals surface area contributed by atoms with Gasteiger partial charge in [-0.25, -0.2) is 18.4 Å². The molecule has 0 saturated carbocycles. The minimum atomic E-state index is -3.44. The van der Waals surface area contributed by atoms with Gasteiger partial charge in [0, 0.05) is 42.4 Å². The number of nitrogens with zero attached hydrogens (tertiary/aromatic N) is 3. The molecule has 0 aliphatic carbocycles. The zero-order valence-corrected chi connectivity index (χ0v) is 43.8. The van der Waals surface area contributed by atoms with Crippen LogP contribution in [0.5, 0.6) is 0 Å². The molecule has 0 spiro atoms. The molecule has 2 fully saturated rings. The van der Waals surface area contributed by atoms with Crippen LogP contribution in [0.3, 0.4) is 0 Å². The van der Waals surface area contributed by atoms with Crippen LogP contribution in [0.25, 0.3) is 0 Å². The Morgan fingerprint density at radius 1 is 0.823 bits per heavy atom. The van der Waals surface area contributed by atoms with Crippen LogP contribution < -0.4 is 39.8 Å². The van der Waals surface area contributed by atoms with E-state index in [1.165, 1.54) is 43.0 Å². The molecule has 19 heteroatoms. The second-order valence-electron chi connectivity index (χ2n) is 16.7. The minimum absolute atomic E-state index is 0. The summed E-state index contributed by atoms with van der Waals surface area (Å²) in [5.74, 6) is -0.612. The van der Waals surface area contributed by atoms with Gasteiger partial charge in [-0.1, -0.05) is 38.2 Å².